The van der Waals surface area contributed by atoms with Crippen molar-refractivity contribution in [1.82, 2.24) is 15.2 Å². The summed E-state index contributed by atoms with van der Waals surface area (Å²) in [5.41, 5.74) is 4.46. The Balaban J connectivity index is 2.19. The zero-order valence-electron chi connectivity index (χ0n) is 11.4. The van der Waals surface area contributed by atoms with Gasteiger partial charge in [-0.1, -0.05) is 0 Å². The Morgan fingerprint density at radius 2 is 2.00 bits per heavy atom. The number of aromatic amines is 2. The molecule has 0 aliphatic rings. The molecule has 2 rings (SSSR count). The van der Waals surface area contributed by atoms with Crippen molar-refractivity contribution >= 4 is 23.9 Å². The van der Waals surface area contributed by atoms with Gasteiger partial charge in [-0.25, -0.2) is 5.43 Å². The van der Waals surface area contributed by atoms with Gasteiger partial charge in [0.2, 0.25) is 10.7 Å². The summed E-state index contributed by atoms with van der Waals surface area (Å²) in [4.78, 5) is 3.98. The van der Waals surface area contributed by atoms with E-state index in [2.05, 4.69) is 25.7 Å². The average Bonchev–Trinajstić information content (AvgIpc) is 2.89. The predicted octanol–water partition coefficient (Wildman–Crippen LogP) is 2.32. The molecule has 0 aliphatic carbocycles. The molecule has 0 bridgehead atoms. The van der Waals surface area contributed by atoms with Crippen LogP contribution in [-0.4, -0.2) is 35.1 Å². The first-order valence-corrected chi connectivity index (χ1v) is 6.22. The minimum Gasteiger partial charge on any atom is -0.493 e. The maximum atomic E-state index is 5.26. The van der Waals surface area contributed by atoms with Crippen molar-refractivity contribution in [2.45, 2.75) is 6.92 Å². The molecule has 0 radical (unpaired) electrons. The van der Waals surface area contributed by atoms with Gasteiger partial charge in [0, 0.05) is 5.56 Å². The van der Waals surface area contributed by atoms with Gasteiger partial charge in [0.15, 0.2) is 11.5 Å². The third-order valence-corrected chi connectivity index (χ3v) is 2.83. The first-order valence-electron chi connectivity index (χ1n) is 5.81. The van der Waals surface area contributed by atoms with Crippen molar-refractivity contribution in [3.8, 4) is 11.5 Å². The highest BCUT2D eigenvalue weighted by Gasteiger charge is 2.06. The number of nitrogens with one attached hydrogen (secondary N) is 3. The van der Waals surface area contributed by atoms with E-state index in [-0.39, 0.29) is 0 Å². The van der Waals surface area contributed by atoms with Gasteiger partial charge in [0.1, 0.15) is 0 Å². The van der Waals surface area contributed by atoms with Gasteiger partial charge in [-0.2, -0.15) is 10.1 Å². The van der Waals surface area contributed by atoms with E-state index in [0.29, 0.717) is 22.2 Å². The van der Waals surface area contributed by atoms with Crippen molar-refractivity contribution in [2.24, 2.45) is 5.10 Å². The number of hydrazone groups is 1. The van der Waals surface area contributed by atoms with E-state index in [1.807, 2.05) is 25.1 Å². The molecule has 1 aromatic carbocycles. The van der Waals surface area contributed by atoms with E-state index in [9.17, 15) is 0 Å². The van der Waals surface area contributed by atoms with Gasteiger partial charge < -0.3 is 9.47 Å². The van der Waals surface area contributed by atoms with Crippen LogP contribution in [0.1, 0.15) is 12.5 Å². The van der Waals surface area contributed by atoms with E-state index in [4.69, 9.17) is 21.7 Å². The molecule has 8 heteroatoms. The minimum atomic E-state index is 0.367. The number of aromatic nitrogens is 3. The maximum Gasteiger partial charge on any atom is 0.238 e. The summed E-state index contributed by atoms with van der Waals surface area (Å²) in [6, 6.07) is 5.58. The number of H-pyrrole nitrogens is 2. The molecule has 0 unspecified atom stereocenters. The Morgan fingerprint density at radius 3 is 2.60 bits per heavy atom. The van der Waals surface area contributed by atoms with Crippen LogP contribution in [0.5, 0.6) is 11.5 Å². The zero-order chi connectivity index (χ0) is 14.5. The van der Waals surface area contributed by atoms with Gasteiger partial charge in [0.05, 0.1) is 19.9 Å². The van der Waals surface area contributed by atoms with Gasteiger partial charge in [-0.05, 0) is 37.3 Å². The van der Waals surface area contributed by atoms with E-state index in [1.54, 1.807) is 14.2 Å². The monoisotopic (exact) mass is 293 g/mol. The average molecular weight is 293 g/mol. The lowest BCUT2D eigenvalue weighted by Gasteiger charge is -2.09. The summed E-state index contributed by atoms with van der Waals surface area (Å²) in [7, 11) is 3.19. The number of hydrogen-bond donors (Lipinski definition) is 3. The molecule has 106 valence electrons. The number of anilines is 1. The topological polar surface area (TPSA) is 87.3 Å². The first kappa shape index (κ1) is 14.1. The SMILES string of the molecule is COc1ccc(/C(C)=N/Nc2nc(=S)[nH][nH]2)cc1OC. The Kier molecular flexibility index (Phi) is 4.36. The molecule has 3 N–H and O–H groups in total. The van der Waals surface area contributed by atoms with E-state index < -0.39 is 0 Å². The molecule has 2 aromatic rings. The number of nitrogens with zero attached hydrogens (tertiary/aromatic N) is 2. The van der Waals surface area contributed by atoms with Gasteiger partial charge in [-0.3, -0.25) is 10.2 Å². The second kappa shape index (κ2) is 6.20. The summed E-state index contributed by atoms with van der Waals surface area (Å²) < 4.78 is 10.8. The van der Waals surface area contributed by atoms with Crippen LogP contribution in [0.15, 0.2) is 23.3 Å². The van der Waals surface area contributed by atoms with Crippen LogP contribution >= 0.6 is 12.2 Å². The third kappa shape index (κ3) is 3.15. The van der Waals surface area contributed by atoms with Crippen molar-refractivity contribution in [3.05, 3.63) is 28.5 Å². The van der Waals surface area contributed by atoms with Crippen molar-refractivity contribution < 1.29 is 9.47 Å². The Morgan fingerprint density at radius 1 is 1.25 bits per heavy atom. The fourth-order valence-electron chi connectivity index (χ4n) is 1.59. The first-order chi connectivity index (χ1) is 9.63. The second-order valence-corrected chi connectivity index (χ2v) is 4.28. The zero-order valence-corrected chi connectivity index (χ0v) is 12.2. The van der Waals surface area contributed by atoms with Crippen LogP contribution < -0.4 is 14.9 Å². The highest BCUT2D eigenvalue weighted by Crippen LogP contribution is 2.27. The highest BCUT2D eigenvalue weighted by atomic mass is 32.1. The third-order valence-electron chi connectivity index (χ3n) is 2.63. The molecule has 0 fully saturated rings. The molecule has 0 amide bonds. The lowest BCUT2D eigenvalue weighted by Crippen LogP contribution is -2.01. The van der Waals surface area contributed by atoms with Crippen molar-refractivity contribution in [2.75, 3.05) is 19.6 Å². The number of methoxy groups -OCH3 is 2. The van der Waals surface area contributed by atoms with Gasteiger partial charge in [0.25, 0.3) is 0 Å². The molecule has 20 heavy (non-hydrogen) atoms. The maximum absolute atomic E-state index is 5.26. The largest absolute Gasteiger partial charge is 0.493 e. The van der Waals surface area contributed by atoms with Crippen LogP contribution in [0.2, 0.25) is 0 Å². The molecule has 0 spiro atoms. The number of hydrogen-bond acceptors (Lipinski definition) is 6. The summed E-state index contributed by atoms with van der Waals surface area (Å²) >= 11 is 4.85. The van der Waals surface area contributed by atoms with Crippen molar-refractivity contribution in [3.63, 3.8) is 0 Å². The molecule has 1 heterocycles. The van der Waals surface area contributed by atoms with Gasteiger partial charge >= 0.3 is 0 Å². The number of rotatable bonds is 5. The van der Waals surface area contributed by atoms with Crippen LogP contribution in [-0.2, 0) is 0 Å². The van der Waals surface area contributed by atoms with E-state index in [0.717, 1.165) is 11.3 Å². The lowest BCUT2D eigenvalue weighted by atomic mass is 10.1. The number of ether oxygens (including phenoxy) is 2. The predicted molar refractivity (Wildman–Crippen MR) is 79.2 cm³/mol. The molecular formula is C12H15N5O2S. The van der Waals surface area contributed by atoms with Gasteiger partial charge in [-0.15, -0.1) is 0 Å². The molecule has 0 saturated carbocycles. The number of benzene rings is 1. The molecular weight excluding hydrogens is 278 g/mol. The molecule has 7 nitrogen and oxygen atoms in total. The summed E-state index contributed by atoms with van der Waals surface area (Å²) in [5.74, 6) is 1.78. The summed E-state index contributed by atoms with van der Waals surface area (Å²) in [6.45, 7) is 1.87. The van der Waals surface area contributed by atoms with E-state index in [1.165, 1.54) is 0 Å². The summed E-state index contributed by atoms with van der Waals surface area (Å²) in [6.07, 6.45) is 0. The molecule has 0 aliphatic heterocycles. The smallest absolute Gasteiger partial charge is 0.238 e. The summed E-state index contributed by atoms with van der Waals surface area (Å²) in [5, 5.41) is 9.64. The van der Waals surface area contributed by atoms with Crippen LogP contribution in [0, 0.1) is 4.77 Å². The molecule has 1 aromatic heterocycles. The van der Waals surface area contributed by atoms with Crippen LogP contribution in [0.4, 0.5) is 5.95 Å². The Bertz CT molecular complexity index is 676. The molecule has 0 atom stereocenters. The lowest BCUT2D eigenvalue weighted by molar-refractivity contribution is 0.355. The minimum absolute atomic E-state index is 0.367. The Hall–Kier alpha value is -2.35. The quantitative estimate of drug-likeness (QED) is 0.447. The standard InChI is InChI=1S/C12H15N5O2S/c1-7(14-15-11-13-12(20)17-16-11)8-4-5-9(18-2)10(6-8)19-3/h4-6H,1-3H3,(H3,13,15,16,17,20)/b14-7+. The Labute approximate surface area is 121 Å². The van der Waals surface area contributed by atoms with Crippen LogP contribution in [0.25, 0.3) is 0 Å². The van der Waals surface area contributed by atoms with E-state index >= 15 is 0 Å². The fraction of sp³-hybridized carbons (Fsp3) is 0.250. The highest BCUT2D eigenvalue weighted by molar-refractivity contribution is 7.71. The van der Waals surface area contributed by atoms with Crippen LogP contribution in [0.3, 0.4) is 0 Å². The van der Waals surface area contributed by atoms with Crippen molar-refractivity contribution in [1.29, 1.82) is 0 Å². The molecule has 0 saturated heterocycles. The second-order valence-electron chi connectivity index (χ2n) is 3.89. The normalized spacial score (nSPS) is 11.2. The fourth-order valence-corrected chi connectivity index (χ4v) is 1.73.